The largest absolute Gasteiger partial charge is 0.385 e. The molecule has 19 heavy (non-hydrogen) atoms. The highest BCUT2D eigenvalue weighted by Crippen LogP contribution is 2.46. The summed E-state index contributed by atoms with van der Waals surface area (Å²) >= 11 is 2.19. The van der Waals surface area contributed by atoms with E-state index in [0.717, 1.165) is 9.13 Å². The van der Waals surface area contributed by atoms with Crippen LogP contribution >= 0.6 is 22.6 Å². The molecule has 106 valence electrons. The zero-order chi connectivity index (χ0) is 14.3. The Morgan fingerprint density at radius 3 is 2.42 bits per heavy atom. The zero-order valence-corrected chi connectivity index (χ0v) is 13.7. The maximum atomic E-state index is 11.8. The first-order valence-electron chi connectivity index (χ1n) is 6.11. The van der Waals surface area contributed by atoms with Crippen LogP contribution in [0.2, 0.25) is 0 Å². The van der Waals surface area contributed by atoms with Crippen molar-refractivity contribution in [2.45, 2.75) is 18.9 Å². The highest BCUT2D eigenvalue weighted by Gasteiger charge is 2.53. The van der Waals surface area contributed by atoms with Crippen molar-refractivity contribution in [3.05, 3.63) is 33.4 Å². The van der Waals surface area contributed by atoms with Gasteiger partial charge in [0.25, 0.3) is 0 Å². The molecule has 2 unspecified atom stereocenters. The minimum Gasteiger partial charge on any atom is -0.385 e. The lowest BCUT2D eigenvalue weighted by molar-refractivity contribution is -0.0583. The van der Waals surface area contributed by atoms with E-state index in [0.29, 0.717) is 6.42 Å². The average Bonchev–Trinajstić information content (AvgIpc) is 2.67. The summed E-state index contributed by atoms with van der Waals surface area (Å²) in [6.45, 7) is 1.83. The number of halogens is 1. The van der Waals surface area contributed by atoms with Crippen LogP contribution in [0.15, 0.2) is 24.3 Å². The molecule has 1 aliphatic rings. The lowest BCUT2D eigenvalue weighted by atomic mass is 9.69. The van der Waals surface area contributed by atoms with Gasteiger partial charge in [0, 0.05) is 15.5 Å². The Labute approximate surface area is 127 Å². The summed E-state index contributed by atoms with van der Waals surface area (Å²) < 4.78 is 24.6. The minimum absolute atomic E-state index is 0.0461. The summed E-state index contributed by atoms with van der Waals surface area (Å²) in [4.78, 5) is 0. The fourth-order valence-corrected chi connectivity index (χ4v) is 5.33. The van der Waals surface area contributed by atoms with Gasteiger partial charge in [-0.15, -0.1) is 0 Å². The first-order chi connectivity index (χ1) is 8.72. The molecule has 0 aromatic heterocycles. The molecule has 0 saturated carbocycles. The van der Waals surface area contributed by atoms with Crippen LogP contribution in [0.5, 0.6) is 0 Å². The van der Waals surface area contributed by atoms with E-state index in [4.69, 9.17) is 5.73 Å². The van der Waals surface area contributed by atoms with Crippen molar-refractivity contribution in [3.63, 3.8) is 0 Å². The molecule has 1 aromatic carbocycles. The fraction of sp³-hybridized carbons (Fsp3) is 0.538. The molecule has 2 rings (SSSR count). The summed E-state index contributed by atoms with van der Waals surface area (Å²) in [6.07, 6.45) is 0.408. The van der Waals surface area contributed by atoms with Crippen molar-refractivity contribution < 1.29 is 13.5 Å². The van der Waals surface area contributed by atoms with Gasteiger partial charge < -0.3 is 10.8 Å². The molecule has 0 amide bonds. The van der Waals surface area contributed by atoms with E-state index in [1.54, 1.807) is 6.92 Å². The molecular formula is C13H18INO3S. The van der Waals surface area contributed by atoms with Crippen molar-refractivity contribution in [3.8, 4) is 0 Å². The van der Waals surface area contributed by atoms with Crippen LogP contribution in [0.4, 0.5) is 0 Å². The van der Waals surface area contributed by atoms with E-state index in [2.05, 4.69) is 22.6 Å². The highest BCUT2D eigenvalue weighted by molar-refractivity contribution is 14.1. The van der Waals surface area contributed by atoms with Crippen LogP contribution in [-0.2, 0) is 15.4 Å². The van der Waals surface area contributed by atoms with Gasteiger partial charge in [-0.2, -0.15) is 0 Å². The lowest BCUT2D eigenvalue weighted by Crippen LogP contribution is -2.49. The molecular weight excluding hydrogens is 377 g/mol. The number of benzene rings is 1. The van der Waals surface area contributed by atoms with Crippen LogP contribution in [-0.4, -0.2) is 31.6 Å². The second-order valence-corrected chi connectivity index (χ2v) is 8.84. The van der Waals surface area contributed by atoms with Gasteiger partial charge in [0.1, 0.15) is 0 Å². The van der Waals surface area contributed by atoms with Crippen LogP contribution < -0.4 is 5.73 Å². The monoisotopic (exact) mass is 395 g/mol. The predicted octanol–water partition coefficient (Wildman–Crippen LogP) is 1.26. The molecule has 1 aliphatic heterocycles. The molecule has 1 aromatic rings. The van der Waals surface area contributed by atoms with Crippen LogP contribution in [0, 0.1) is 8.99 Å². The smallest absolute Gasteiger partial charge is 0.151 e. The molecule has 1 heterocycles. The summed E-state index contributed by atoms with van der Waals surface area (Å²) in [5.41, 5.74) is 4.50. The Morgan fingerprint density at radius 1 is 1.42 bits per heavy atom. The topological polar surface area (TPSA) is 80.4 Å². The Hall–Kier alpha value is -0.180. The molecule has 1 fully saturated rings. The van der Waals surface area contributed by atoms with Crippen molar-refractivity contribution >= 4 is 32.4 Å². The van der Waals surface area contributed by atoms with E-state index >= 15 is 0 Å². The van der Waals surface area contributed by atoms with Crippen molar-refractivity contribution in [1.29, 1.82) is 0 Å². The van der Waals surface area contributed by atoms with Gasteiger partial charge in [-0.1, -0.05) is 12.1 Å². The van der Waals surface area contributed by atoms with Crippen molar-refractivity contribution in [1.82, 2.24) is 0 Å². The van der Waals surface area contributed by atoms with Crippen LogP contribution in [0.25, 0.3) is 0 Å². The Kier molecular flexibility index (Phi) is 3.99. The van der Waals surface area contributed by atoms with Crippen LogP contribution in [0.1, 0.15) is 18.9 Å². The van der Waals surface area contributed by atoms with E-state index in [1.165, 1.54) is 0 Å². The first-order valence-corrected chi connectivity index (χ1v) is 9.01. The Balaban J connectivity index is 2.45. The fourth-order valence-electron chi connectivity index (χ4n) is 2.74. The molecule has 0 spiro atoms. The number of hydrogen-bond donors (Lipinski definition) is 2. The third-order valence-corrected chi connectivity index (χ3v) is 6.76. The summed E-state index contributed by atoms with van der Waals surface area (Å²) in [7, 11) is -3.11. The number of nitrogens with two attached hydrogens (primary N) is 1. The normalized spacial score (nSPS) is 29.1. The predicted molar refractivity (Wildman–Crippen MR) is 83.5 cm³/mol. The van der Waals surface area contributed by atoms with E-state index in [1.807, 2.05) is 24.3 Å². The molecule has 0 bridgehead atoms. The summed E-state index contributed by atoms with van der Waals surface area (Å²) in [5, 5.41) is 10.9. The number of rotatable bonds is 3. The molecule has 2 atom stereocenters. The van der Waals surface area contributed by atoms with Gasteiger partial charge in [0.15, 0.2) is 9.84 Å². The van der Waals surface area contributed by atoms with Gasteiger partial charge in [0.2, 0.25) is 0 Å². The van der Waals surface area contributed by atoms with Gasteiger partial charge in [0.05, 0.1) is 17.1 Å². The molecule has 4 nitrogen and oxygen atoms in total. The van der Waals surface area contributed by atoms with E-state index < -0.39 is 20.9 Å². The van der Waals surface area contributed by atoms with Crippen molar-refractivity contribution in [2.75, 3.05) is 18.1 Å². The third-order valence-electron chi connectivity index (χ3n) is 4.22. The van der Waals surface area contributed by atoms with Gasteiger partial charge in [-0.25, -0.2) is 8.42 Å². The Morgan fingerprint density at radius 2 is 2.00 bits per heavy atom. The second-order valence-electron chi connectivity index (χ2n) is 5.41. The quantitative estimate of drug-likeness (QED) is 0.756. The highest BCUT2D eigenvalue weighted by atomic mass is 127. The Bertz CT molecular complexity index is 568. The van der Waals surface area contributed by atoms with Crippen LogP contribution in [0.3, 0.4) is 0 Å². The number of hydrogen-bond acceptors (Lipinski definition) is 4. The standard InChI is InChI=1S/C13H18INO3S/c1-12(16,10-2-4-11(14)5-3-10)13(8-15)6-7-19(17,18)9-13/h2-5,16H,6-9,15H2,1H3. The SMILES string of the molecule is CC(O)(c1ccc(I)cc1)C1(CN)CCS(=O)(=O)C1. The number of sulfone groups is 1. The summed E-state index contributed by atoms with van der Waals surface area (Å²) in [5.74, 6) is 0.0558. The first kappa shape index (κ1) is 15.2. The molecule has 3 N–H and O–H groups in total. The zero-order valence-electron chi connectivity index (χ0n) is 10.8. The van der Waals surface area contributed by atoms with Gasteiger partial charge in [-0.05, 0) is 53.6 Å². The number of aliphatic hydroxyl groups is 1. The van der Waals surface area contributed by atoms with Crippen molar-refractivity contribution in [2.24, 2.45) is 11.1 Å². The van der Waals surface area contributed by atoms with E-state index in [-0.39, 0.29) is 18.1 Å². The molecule has 0 radical (unpaired) electrons. The summed E-state index contributed by atoms with van der Waals surface area (Å²) in [6, 6.07) is 7.48. The lowest BCUT2D eigenvalue weighted by Gasteiger charge is -2.41. The van der Waals surface area contributed by atoms with E-state index in [9.17, 15) is 13.5 Å². The average molecular weight is 395 g/mol. The minimum atomic E-state index is -3.11. The molecule has 1 saturated heterocycles. The maximum Gasteiger partial charge on any atom is 0.151 e. The molecule has 6 heteroatoms. The van der Waals surface area contributed by atoms with Gasteiger partial charge in [-0.3, -0.25) is 0 Å². The maximum absolute atomic E-state index is 11.8. The third kappa shape index (κ3) is 2.68. The van der Waals surface area contributed by atoms with Gasteiger partial charge >= 0.3 is 0 Å². The molecule has 0 aliphatic carbocycles. The second kappa shape index (κ2) is 4.98.